The first-order valence-corrected chi connectivity index (χ1v) is 9.11. The van der Waals surface area contributed by atoms with Gasteiger partial charge < -0.3 is 14.8 Å². The number of amides is 1. The molecule has 0 aliphatic rings. The quantitative estimate of drug-likeness (QED) is 0.660. The molecular weight excluding hydrogens is 322 g/mol. The number of carbonyl (C=O) groups excluding carboxylic acids is 1. The minimum atomic E-state index is -0.0891. The van der Waals surface area contributed by atoms with Gasteiger partial charge in [0.15, 0.2) is 0 Å². The smallest absolute Gasteiger partial charge is 0.246 e. The van der Waals surface area contributed by atoms with Crippen LogP contribution in [0.4, 0.5) is 0 Å². The number of hydrogen-bond acceptors (Lipinski definition) is 4. The van der Waals surface area contributed by atoms with Gasteiger partial charge in [-0.1, -0.05) is 38.1 Å². The molecule has 1 N–H and O–H groups in total. The molecule has 5 heteroatoms. The molecule has 1 aromatic heterocycles. The predicted molar refractivity (Wildman–Crippen MR) is 97.4 cm³/mol. The van der Waals surface area contributed by atoms with E-state index < -0.39 is 0 Å². The van der Waals surface area contributed by atoms with Gasteiger partial charge in [-0.25, -0.2) is 0 Å². The van der Waals surface area contributed by atoms with Crippen LogP contribution in [0.25, 0.3) is 0 Å². The van der Waals surface area contributed by atoms with Crippen molar-refractivity contribution < 1.29 is 14.3 Å². The molecule has 1 heterocycles. The normalized spacial score (nSPS) is 12.1. The Morgan fingerprint density at radius 2 is 1.92 bits per heavy atom. The third-order valence-electron chi connectivity index (χ3n) is 3.40. The van der Waals surface area contributed by atoms with Gasteiger partial charge in [0.2, 0.25) is 5.91 Å². The zero-order valence-electron chi connectivity index (χ0n) is 14.2. The van der Waals surface area contributed by atoms with Crippen molar-refractivity contribution in [3.63, 3.8) is 0 Å². The molecular formula is C19H25NO3S. The van der Waals surface area contributed by atoms with E-state index >= 15 is 0 Å². The Kier molecular flexibility index (Phi) is 7.79. The average molecular weight is 347 g/mol. The zero-order valence-corrected chi connectivity index (χ0v) is 15.1. The van der Waals surface area contributed by atoms with E-state index in [2.05, 4.69) is 25.2 Å². The van der Waals surface area contributed by atoms with Crippen molar-refractivity contribution in [3.05, 3.63) is 52.7 Å². The van der Waals surface area contributed by atoms with Crippen LogP contribution in [0.1, 0.15) is 31.2 Å². The lowest BCUT2D eigenvalue weighted by atomic mass is 10.0. The summed E-state index contributed by atoms with van der Waals surface area (Å²) >= 11 is 1.67. The molecule has 0 aliphatic heterocycles. The van der Waals surface area contributed by atoms with Crippen LogP contribution >= 0.6 is 11.3 Å². The summed E-state index contributed by atoms with van der Waals surface area (Å²) in [6.07, 6.45) is 0.920. The third-order valence-corrected chi connectivity index (χ3v) is 4.39. The Hall–Kier alpha value is -1.85. The summed E-state index contributed by atoms with van der Waals surface area (Å²) in [7, 11) is 0. The highest BCUT2D eigenvalue weighted by molar-refractivity contribution is 7.10. The van der Waals surface area contributed by atoms with Gasteiger partial charge in [0, 0.05) is 4.88 Å². The van der Waals surface area contributed by atoms with Gasteiger partial charge in [-0.05, 0) is 35.9 Å². The molecule has 0 spiro atoms. The molecule has 24 heavy (non-hydrogen) atoms. The molecule has 0 saturated carbocycles. The average Bonchev–Trinajstić information content (AvgIpc) is 3.09. The van der Waals surface area contributed by atoms with Crippen molar-refractivity contribution in [1.29, 1.82) is 0 Å². The topological polar surface area (TPSA) is 47.6 Å². The first-order valence-electron chi connectivity index (χ1n) is 8.23. The summed E-state index contributed by atoms with van der Waals surface area (Å²) in [5.74, 6) is 1.23. The van der Waals surface area contributed by atoms with E-state index in [4.69, 9.17) is 9.47 Å². The van der Waals surface area contributed by atoms with Gasteiger partial charge in [-0.2, -0.15) is 0 Å². The molecule has 1 atom stereocenters. The van der Waals surface area contributed by atoms with E-state index in [-0.39, 0.29) is 18.6 Å². The predicted octanol–water partition coefficient (Wildman–Crippen LogP) is 4.05. The Balaban J connectivity index is 1.67. The lowest BCUT2D eigenvalue weighted by Crippen LogP contribution is -2.32. The maximum Gasteiger partial charge on any atom is 0.246 e. The van der Waals surface area contributed by atoms with Gasteiger partial charge in [0.1, 0.15) is 19.0 Å². The molecule has 0 bridgehead atoms. The number of carbonyl (C=O) groups is 1. The van der Waals surface area contributed by atoms with E-state index in [1.807, 2.05) is 41.8 Å². The summed E-state index contributed by atoms with van der Waals surface area (Å²) in [6, 6.07) is 13.7. The van der Waals surface area contributed by atoms with E-state index in [0.717, 1.165) is 12.2 Å². The van der Waals surface area contributed by atoms with Crippen molar-refractivity contribution in [2.24, 2.45) is 5.92 Å². The van der Waals surface area contributed by atoms with Crippen LogP contribution in [0.3, 0.4) is 0 Å². The Bertz CT molecular complexity index is 584. The maximum atomic E-state index is 12.1. The first-order chi connectivity index (χ1) is 11.6. The summed E-state index contributed by atoms with van der Waals surface area (Å²) in [5.41, 5.74) is 0. The van der Waals surface area contributed by atoms with Crippen LogP contribution in [0, 0.1) is 5.92 Å². The number of rotatable bonds is 10. The van der Waals surface area contributed by atoms with Crippen molar-refractivity contribution in [3.8, 4) is 5.75 Å². The summed E-state index contributed by atoms with van der Waals surface area (Å²) < 4.78 is 10.9. The standard InChI is InChI=1S/C19H25NO3S/c1-15(2)13-17(18-9-6-12-24-18)20-19(21)14-22-10-11-23-16-7-4-3-5-8-16/h3-9,12,15,17H,10-11,13-14H2,1-2H3,(H,20,21). The molecule has 4 nitrogen and oxygen atoms in total. The number of nitrogens with one attached hydrogen (secondary N) is 1. The monoisotopic (exact) mass is 347 g/mol. The number of para-hydroxylation sites is 1. The van der Waals surface area contributed by atoms with Gasteiger partial charge >= 0.3 is 0 Å². The Morgan fingerprint density at radius 3 is 2.58 bits per heavy atom. The highest BCUT2D eigenvalue weighted by Gasteiger charge is 2.17. The van der Waals surface area contributed by atoms with E-state index in [9.17, 15) is 4.79 Å². The molecule has 1 unspecified atom stereocenters. The Morgan fingerprint density at radius 1 is 1.12 bits per heavy atom. The number of benzene rings is 1. The fourth-order valence-electron chi connectivity index (χ4n) is 2.34. The molecule has 1 aromatic carbocycles. The van der Waals surface area contributed by atoms with Crippen LogP contribution < -0.4 is 10.1 Å². The van der Waals surface area contributed by atoms with Crippen LogP contribution in [0.5, 0.6) is 5.75 Å². The van der Waals surface area contributed by atoms with Gasteiger partial charge in [-0.3, -0.25) is 4.79 Å². The lowest BCUT2D eigenvalue weighted by Gasteiger charge is -2.19. The minimum Gasteiger partial charge on any atom is -0.491 e. The molecule has 2 rings (SSSR count). The van der Waals surface area contributed by atoms with Crippen molar-refractivity contribution in [1.82, 2.24) is 5.32 Å². The third kappa shape index (κ3) is 6.72. The lowest BCUT2D eigenvalue weighted by molar-refractivity contribution is -0.126. The highest BCUT2D eigenvalue weighted by Crippen LogP contribution is 2.25. The van der Waals surface area contributed by atoms with Gasteiger partial charge in [-0.15, -0.1) is 11.3 Å². The molecule has 0 radical (unpaired) electrons. The van der Waals surface area contributed by atoms with Crippen LogP contribution in [-0.2, 0) is 9.53 Å². The second-order valence-electron chi connectivity index (χ2n) is 5.98. The van der Waals surface area contributed by atoms with Gasteiger partial charge in [0.05, 0.1) is 12.6 Å². The van der Waals surface area contributed by atoms with Crippen molar-refractivity contribution >= 4 is 17.2 Å². The van der Waals surface area contributed by atoms with Crippen LogP contribution in [0.2, 0.25) is 0 Å². The van der Waals surface area contributed by atoms with E-state index in [1.54, 1.807) is 11.3 Å². The van der Waals surface area contributed by atoms with Crippen LogP contribution in [-0.4, -0.2) is 25.7 Å². The molecule has 2 aromatic rings. The number of thiophene rings is 1. The summed E-state index contributed by atoms with van der Waals surface area (Å²) in [5, 5.41) is 5.10. The first kappa shape index (κ1) is 18.5. The maximum absolute atomic E-state index is 12.1. The fourth-order valence-corrected chi connectivity index (χ4v) is 3.13. The Labute approximate surface area is 147 Å². The summed E-state index contributed by atoms with van der Waals surface area (Å²) in [6.45, 7) is 5.18. The molecule has 0 aliphatic carbocycles. The number of hydrogen-bond donors (Lipinski definition) is 1. The van der Waals surface area contributed by atoms with Gasteiger partial charge in [0.25, 0.3) is 0 Å². The second kappa shape index (κ2) is 10.1. The SMILES string of the molecule is CC(C)CC(NC(=O)COCCOc1ccccc1)c1cccs1. The molecule has 0 saturated heterocycles. The molecule has 130 valence electrons. The van der Waals surface area contributed by atoms with E-state index in [0.29, 0.717) is 19.1 Å². The largest absolute Gasteiger partial charge is 0.491 e. The zero-order chi connectivity index (χ0) is 17.2. The minimum absolute atomic E-state index is 0.0537. The van der Waals surface area contributed by atoms with E-state index in [1.165, 1.54) is 4.88 Å². The van der Waals surface area contributed by atoms with Crippen LogP contribution in [0.15, 0.2) is 47.8 Å². The second-order valence-corrected chi connectivity index (χ2v) is 6.96. The number of ether oxygens (including phenoxy) is 2. The fraction of sp³-hybridized carbons (Fsp3) is 0.421. The molecule has 1 amide bonds. The molecule has 0 fully saturated rings. The summed E-state index contributed by atoms with van der Waals surface area (Å²) in [4.78, 5) is 13.3. The highest BCUT2D eigenvalue weighted by atomic mass is 32.1. The van der Waals surface area contributed by atoms with Crippen molar-refractivity contribution in [2.75, 3.05) is 19.8 Å². The van der Waals surface area contributed by atoms with Crippen molar-refractivity contribution in [2.45, 2.75) is 26.3 Å².